The summed E-state index contributed by atoms with van der Waals surface area (Å²) in [5.74, 6) is -0.336. The van der Waals surface area contributed by atoms with E-state index in [0.717, 1.165) is 25.7 Å². The number of hydrogen-bond donors (Lipinski definition) is 0. The Morgan fingerprint density at radius 2 is 0.795 bits per heavy atom. The van der Waals surface area contributed by atoms with Crippen molar-refractivity contribution in [2.24, 2.45) is 0 Å². The van der Waals surface area contributed by atoms with E-state index in [1.54, 1.807) is 0 Å². The molecule has 258 valence electrons. The van der Waals surface area contributed by atoms with E-state index in [0.29, 0.717) is 19.3 Å². The Kier molecular flexibility index (Phi) is 34.6. The molecule has 44 heavy (non-hydrogen) atoms. The molecule has 0 amide bonds. The highest BCUT2D eigenvalue weighted by Crippen LogP contribution is 2.13. The fourth-order valence-corrected chi connectivity index (χ4v) is 5.42. The number of rotatable bonds is 34. The van der Waals surface area contributed by atoms with Crippen molar-refractivity contribution >= 4 is 11.9 Å². The average molecular weight is 619 g/mol. The minimum Gasteiger partial charge on any atom is -0.462 e. The van der Waals surface area contributed by atoms with Gasteiger partial charge in [0, 0.05) is 12.8 Å². The van der Waals surface area contributed by atoms with Gasteiger partial charge in [0.25, 0.3) is 0 Å². The second-order valence-electron chi connectivity index (χ2n) is 12.9. The summed E-state index contributed by atoms with van der Waals surface area (Å²) < 4.78 is 11.0. The molecular weight excluding hydrogens is 544 g/mol. The van der Waals surface area contributed by atoms with Crippen molar-refractivity contribution in [2.75, 3.05) is 6.61 Å². The molecule has 0 saturated carbocycles. The van der Waals surface area contributed by atoms with E-state index in [1.165, 1.54) is 141 Å². The third-order valence-corrected chi connectivity index (χ3v) is 8.47. The molecule has 0 aromatic rings. The second-order valence-corrected chi connectivity index (χ2v) is 12.9. The third kappa shape index (κ3) is 33.3. The van der Waals surface area contributed by atoms with Crippen LogP contribution in [0.3, 0.4) is 0 Å². The molecule has 0 spiro atoms. The van der Waals surface area contributed by atoms with Gasteiger partial charge in [-0.05, 0) is 70.6 Å². The lowest BCUT2D eigenvalue weighted by Crippen LogP contribution is -2.24. The standard InChI is InChI=1S/C40H74O4/c1-4-7-9-11-13-15-17-19-21-23-25-27-29-31-33-35-39(41)43-37-38(6-3)44-40(42)36-34-32-30-28-26-24-22-20-18-16-14-12-10-8-5-2/h19-22,38H,4-18,23-37H2,1-3H3/b21-19?,22-20-/t38-/m0/s1. The summed E-state index contributed by atoms with van der Waals surface area (Å²) in [6, 6.07) is 0. The maximum Gasteiger partial charge on any atom is 0.306 e. The van der Waals surface area contributed by atoms with Gasteiger partial charge in [0.1, 0.15) is 12.7 Å². The van der Waals surface area contributed by atoms with Gasteiger partial charge >= 0.3 is 11.9 Å². The van der Waals surface area contributed by atoms with E-state index < -0.39 is 0 Å². The number of unbranched alkanes of at least 4 members (excludes halogenated alkanes) is 22. The summed E-state index contributed by atoms with van der Waals surface area (Å²) in [6.45, 7) is 6.68. The first kappa shape index (κ1) is 42.4. The number of esters is 2. The van der Waals surface area contributed by atoms with Crippen LogP contribution in [0.1, 0.15) is 207 Å². The summed E-state index contributed by atoms with van der Waals surface area (Å²) in [5, 5.41) is 0. The molecule has 0 N–H and O–H groups in total. The molecule has 0 rings (SSSR count). The molecule has 4 nitrogen and oxygen atoms in total. The maximum atomic E-state index is 12.2. The van der Waals surface area contributed by atoms with Gasteiger partial charge in [0.2, 0.25) is 0 Å². The highest BCUT2D eigenvalue weighted by molar-refractivity contribution is 5.70. The molecule has 0 bridgehead atoms. The fraction of sp³-hybridized carbons (Fsp3) is 0.850. The molecule has 0 aliphatic heterocycles. The van der Waals surface area contributed by atoms with Crippen molar-refractivity contribution in [3.63, 3.8) is 0 Å². The number of hydrogen-bond acceptors (Lipinski definition) is 4. The molecule has 4 heteroatoms. The molecule has 0 fully saturated rings. The highest BCUT2D eigenvalue weighted by Gasteiger charge is 2.15. The Bertz CT molecular complexity index is 668. The van der Waals surface area contributed by atoms with Crippen LogP contribution in [-0.4, -0.2) is 24.6 Å². The number of ether oxygens (including phenoxy) is 2. The number of carbonyl (C=O) groups is 2. The van der Waals surface area contributed by atoms with Crippen molar-refractivity contribution in [1.29, 1.82) is 0 Å². The van der Waals surface area contributed by atoms with Crippen LogP contribution in [0.2, 0.25) is 0 Å². The molecule has 0 heterocycles. The molecule has 0 aromatic carbocycles. The van der Waals surface area contributed by atoms with Gasteiger partial charge < -0.3 is 9.47 Å². The summed E-state index contributed by atoms with van der Waals surface area (Å²) in [5.41, 5.74) is 0. The highest BCUT2D eigenvalue weighted by atomic mass is 16.6. The van der Waals surface area contributed by atoms with Crippen LogP contribution in [0.4, 0.5) is 0 Å². The van der Waals surface area contributed by atoms with Crippen LogP contribution in [-0.2, 0) is 19.1 Å². The van der Waals surface area contributed by atoms with Gasteiger partial charge in [-0.2, -0.15) is 0 Å². The molecule has 0 radical (unpaired) electrons. The van der Waals surface area contributed by atoms with Crippen molar-refractivity contribution in [3.8, 4) is 0 Å². The van der Waals surface area contributed by atoms with Crippen LogP contribution in [0.5, 0.6) is 0 Å². The van der Waals surface area contributed by atoms with Gasteiger partial charge in [-0.15, -0.1) is 0 Å². The monoisotopic (exact) mass is 619 g/mol. The van der Waals surface area contributed by atoms with E-state index in [9.17, 15) is 9.59 Å². The summed E-state index contributed by atoms with van der Waals surface area (Å²) in [4.78, 5) is 24.4. The number of carbonyl (C=O) groups excluding carboxylic acids is 2. The predicted molar refractivity (Wildman–Crippen MR) is 190 cm³/mol. The fourth-order valence-electron chi connectivity index (χ4n) is 5.42. The Hall–Kier alpha value is -1.58. The first-order valence-electron chi connectivity index (χ1n) is 19.3. The lowest BCUT2D eigenvalue weighted by Gasteiger charge is -2.16. The van der Waals surface area contributed by atoms with Gasteiger partial charge in [-0.1, -0.05) is 148 Å². The third-order valence-electron chi connectivity index (χ3n) is 8.47. The Labute approximate surface area is 274 Å². The molecular formula is C40H74O4. The van der Waals surface area contributed by atoms with Crippen LogP contribution < -0.4 is 0 Å². The normalized spacial score (nSPS) is 12.3. The lowest BCUT2D eigenvalue weighted by atomic mass is 10.1. The predicted octanol–water partition coefficient (Wildman–Crippen LogP) is 12.9. The average Bonchev–Trinajstić information content (AvgIpc) is 3.02. The van der Waals surface area contributed by atoms with Gasteiger partial charge in [0.15, 0.2) is 0 Å². The summed E-state index contributed by atoms with van der Waals surface area (Å²) >= 11 is 0. The van der Waals surface area contributed by atoms with E-state index in [4.69, 9.17) is 9.47 Å². The van der Waals surface area contributed by atoms with Crippen LogP contribution in [0.15, 0.2) is 24.3 Å². The number of allylic oxidation sites excluding steroid dienone is 4. The zero-order valence-electron chi connectivity index (χ0n) is 29.7. The van der Waals surface area contributed by atoms with Gasteiger partial charge in [0.05, 0.1) is 0 Å². The molecule has 1 atom stereocenters. The zero-order chi connectivity index (χ0) is 32.2. The molecule has 0 saturated heterocycles. The van der Waals surface area contributed by atoms with Crippen LogP contribution >= 0.6 is 0 Å². The van der Waals surface area contributed by atoms with Gasteiger partial charge in [-0.3, -0.25) is 9.59 Å². The topological polar surface area (TPSA) is 52.6 Å². The second kappa shape index (κ2) is 35.9. The van der Waals surface area contributed by atoms with Crippen molar-refractivity contribution < 1.29 is 19.1 Å². The zero-order valence-corrected chi connectivity index (χ0v) is 29.7. The van der Waals surface area contributed by atoms with E-state index >= 15 is 0 Å². The first-order valence-corrected chi connectivity index (χ1v) is 19.3. The van der Waals surface area contributed by atoms with E-state index in [1.807, 2.05) is 6.92 Å². The molecule has 0 unspecified atom stereocenters. The first-order chi connectivity index (χ1) is 21.6. The van der Waals surface area contributed by atoms with Crippen molar-refractivity contribution in [3.05, 3.63) is 24.3 Å². The largest absolute Gasteiger partial charge is 0.462 e. The van der Waals surface area contributed by atoms with Gasteiger partial charge in [-0.25, -0.2) is 0 Å². The Morgan fingerprint density at radius 3 is 1.18 bits per heavy atom. The molecule has 0 aromatic heterocycles. The molecule has 0 aliphatic carbocycles. The van der Waals surface area contributed by atoms with Crippen molar-refractivity contribution in [2.45, 2.75) is 213 Å². The Balaban J connectivity index is 3.58. The van der Waals surface area contributed by atoms with Crippen LogP contribution in [0, 0.1) is 0 Å². The van der Waals surface area contributed by atoms with Crippen LogP contribution in [0.25, 0.3) is 0 Å². The van der Waals surface area contributed by atoms with E-state index in [2.05, 4.69) is 38.2 Å². The van der Waals surface area contributed by atoms with E-state index in [-0.39, 0.29) is 24.6 Å². The summed E-state index contributed by atoms with van der Waals surface area (Å²) in [7, 11) is 0. The smallest absolute Gasteiger partial charge is 0.306 e. The SMILES string of the molecule is CCCCCCCCC=CCCCCCCCC(=O)OC[C@H](CC)OC(=O)CCCCCCC/C=C\CCCCCCCC. The summed E-state index contributed by atoms with van der Waals surface area (Å²) in [6.07, 6.45) is 43.0. The lowest BCUT2D eigenvalue weighted by molar-refractivity contribution is -0.159. The van der Waals surface area contributed by atoms with Crippen molar-refractivity contribution in [1.82, 2.24) is 0 Å². The molecule has 0 aliphatic rings. The quantitative estimate of drug-likeness (QED) is 0.0409. The Morgan fingerprint density at radius 1 is 0.455 bits per heavy atom. The minimum absolute atomic E-state index is 0.164. The maximum absolute atomic E-state index is 12.2. The minimum atomic E-state index is -0.330.